The van der Waals surface area contributed by atoms with Crippen molar-refractivity contribution in [3.05, 3.63) is 45.3 Å². The predicted molar refractivity (Wildman–Crippen MR) is 82.2 cm³/mol. The highest BCUT2D eigenvalue weighted by molar-refractivity contribution is 7.18. The second-order valence-corrected chi connectivity index (χ2v) is 5.63. The van der Waals surface area contributed by atoms with Gasteiger partial charge in [-0.15, -0.1) is 11.3 Å². The average molecular weight is 285 g/mol. The molecule has 4 nitrogen and oxygen atoms in total. The van der Waals surface area contributed by atoms with Crippen LogP contribution in [0.1, 0.15) is 24.3 Å². The largest absolute Gasteiger partial charge is 0.306 e. The number of nitrogens with zero attached hydrogens (tertiary/aromatic N) is 2. The van der Waals surface area contributed by atoms with Gasteiger partial charge >= 0.3 is 0 Å². The number of hydrogen-bond acceptors (Lipinski definition) is 4. The maximum absolute atomic E-state index is 12.4. The quantitative estimate of drug-likeness (QED) is 0.804. The monoisotopic (exact) mass is 285 g/mol. The fraction of sp³-hybridized carbons (Fsp3) is 0.267. The summed E-state index contributed by atoms with van der Waals surface area (Å²) < 4.78 is 0. The molecule has 0 saturated heterocycles. The van der Waals surface area contributed by atoms with Crippen molar-refractivity contribution in [1.29, 1.82) is 0 Å². The van der Waals surface area contributed by atoms with Crippen molar-refractivity contribution in [2.75, 3.05) is 0 Å². The van der Waals surface area contributed by atoms with E-state index < -0.39 is 0 Å². The molecular weight excluding hydrogens is 270 g/mol. The lowest BCUT2D eigenvalue weighted by molar-refractivity contribution is 1.08. The molecule has 102 valence electrons. The molecule has 3 rings (SSSR count). The van der Waals surface area contributed by atoms with Crippen LogP contribution in [0.3, 0.4) is 0 Å². The third kappa shape index (κ3) is 2.04. The van der Waals surface area contributed by atoms with Crippen LogP contribution in [-0.4, -0.2) is 15.0 Å². The highest BCUT2D eigenvalue weighted by Crippen LogP contribution is 2.29. The summed E-state index contributed by atoms with van der Waals surface area (Å²) in [4.78, 5) is 26.0. The van der Waals surface area contributed by atoms with Crippen LogP contribution < -0.4 is 5.56 Å². The van der Waals surface area contributed by atoms with Gasteiger partial charge in [0.05, 0.1) is 5.39 Å². The van der Waals surface area contributed by atoms with E-state index in [0.717, 1.165) is 34.2 Å². The Labute approximate surface area is 120 Å². The SMILES string of the molecule is CCc1sc2nc(-c3ccncc3)[nH]c(=O)c2c1CC. The molecule has 0 fully saturated rings. The van der Waals surface area contributed by atoms with Crippen LogP contribution in [0.4, 0.5) is 0 Å². The number of aromatic nitrogens is 3. The molecule has 3 aromatic rings. The standard InChI is InChI=1S/C15H15N3OS/c1-3-10-11(4-2)20-15-12(10)14(19)17-13(18-15)9-5-7-16-8-6-9/h5-8H,3-4H2,1-2H3,(H,17,18,19). The molecule has 0 saturated carbocycles. The van der Waals surface area contributed by atoms with Crippen molar-refractivity contribution < 1.29 is 0 Å². The first kappa shape index (κ1) is 13.0. The summed E-state index contributed by atoms with van der Waals surface area (Å²) in [5.74, 6) is 0.608. The third-order valence-corrected chi connectivity index (χ3v) is 4.64. The maximum atomic E-state index is 12.4. The van der Waals surface area contributed by atoms with Gasteiger partial charge in [-0.2, -0.15) is 0 Å². The maximum Gasteiger partial charge on any atom is 0.260 e. The molecule has 5 heteroatoms. The van der Waals surface area contributed by atoms with Crippen molar-refractivity contribution in [1.82, 2.24) is 15.0 Å². The van der Waals surface area contributed by atoms with Crippen LogP contribution in [-0.2, 0) is 12.8 Å². The van der Waals surface area contributed by atoms with Crippen LogP contribution in [0, 0.1) is 0 Å². The van der Waals surface area contributed by atoms with Crippen LogP contribution in [0.15, 0.2) is 29.3 Å². The zero-order chi connectivity index (χ0) is 14.1. The predicted octanol–water partition coefficient (Wildman–Crippen LogP) is 3.17. The lowest BCUT2D eigenvalue weighted by atomic mass is 10.1. The molecular formula is C15H15N3OS. The molecule has 0 aliphatic heterocycles. The lowest BCUT2D eigenvalue weighted by Gasteiger charge is -2.01. The van der Waals surface area contributed by atoms with Gasteiger partial charge in [-0.25, -0.2) is 4.98 Å². The van der Waals surface area contributed by atoms with E-state index in [1.807, 2.05) is 12.1 Å². The molecule has 0 aliphatic rings. The Morgan fingerprint density at radius 1 is 1.20 bits per heavy atom. The molecule has 0 amide bonds. The highest BCUT2D eigenvalue weighted by atomic mass is 32.1. The third-order valence-electron chi connectivity index (χ3n) is 3.37. The summed E-state index contributed by atoms with van der Waals surface area (Å²) in [5, 5.41) is 0.757. The van der Waals surface area contributed by atoms with Gasteiger partial charge in [0.1, 0.15) is 10.7 Å². The Bertz CT molecular complexity index is 805. The number of aromatic amines is 1. The average Bonchev–Trinajstić information content (AvgIpc) is 2.86. The molecule has 1 N–H and O–H groups in total. The molecule has 20 heavy (non-hydrogen) atoms. The van der Waals surface area contributed by atoms with Crippen LogP contribution in [0.25, 0.3) is 21.6 Å². The number of H-pyrrole nitrogens is 1. The fourth-order valence-corrected chi connectivity index (χ4v) is 3.62. The summed E-state index contributed by atoms with van der Waals surface area (Å²) in [7, 11) is 0. The van der Waals surface area contributed by atoms with E-state index in [-0.39, 0.29) is 5.56 Å². The van der Waals surface area contributed by atoms with Gasteiger partial charge in [0, 0.05) is 22.8 Å². The van der Waals surface area contributed by atoms with E-state index in [1.54, 1.807) is 23.7 Å². The van der Waals surface area contributed by atoms with E-state index in [4.69, 9.17) is 0 Å². The minimum absolute atomic E-state index is 0.0467. The molecule has 3 aromatic heterocycles. The number of aryl methyl sites for hydroxylation is 2. The van der Waals surface area contributed by atoms with E-state index in [0.29, 0.717) is 5.82 Å². The summed E-state index contributed by atoms with van der Waals surface area (Å²) in [6.45, 7) is 4.19. The van der Waals surface area contributed by atoms with Gasteiger partial charge in [-0.1, -0.05) is 13.8 Å². The van der Waals surface area contributed by atoms with Crippen LogP contribution in [0.5, 0.6) is 0 Å². The first-order chi connectivity index (χ1) is 9.74. The molecule has 0 spiro atoms. The minimum Gasteiger partial charge on any atom is -0.306 e. The van der Waals surface area contributed by atoms with E-state index in [2.05, 4.69) is 28.8 Å². The Balaban J connectivity index is 2.28. The number of pyridine rings is 1. The zero-order valence-electron chi connectivity index (χ0n) is 11.4. The minimum atomic E-state index is -0.0467. The number of hydrogen-bond donors (Lipinski definition) is 1. The molecule has 0 aromatic carbocycles. The van der Waals surface area contributed by atoms with Gasteiger partial charge in [0.15, 0.2) is 0 Å². The van der Waals surface area contributed by atoms with Crippen molar-refractivity contribution in [2.45, 2.75) is 26.7 Å². The Morgan fingerprint density at radius 2 is 1.95 bits per heavy atom. The Hall–Kier alpha value is -2.01. The van der Waals surface area contributed by atoms with Crippen LogP contribution in [0.2, 0.25) is 0 Å². The molecule has 0 aliphatic carbocycles. The normalized spacial score (nSPS) is 11.1. The second-order valence-electron chi connectivity index (χ2n) is 4.54. The van der Waals surface area contributed by atoms with Gasteiger partial charge in [0.25, 0.3) is 5.56 Å². The number of rotatable bonds is 3. The fourth-order valence-electron chi connectivity index (χ4n) is 2.42. The number of nitrogens with one attached hydrogen (secondary N) is 1. The lowest BCUT2D eigenvalue weighted by Crippen LogP contribution is -2.09. The van der Waals surface area contributed by atoms with E-state index >= 15 is 0 Å². The summed E-state index contributed by atoms with van der Waals surface area (Å²) >= 11 is 1.62. The molecule has 0 radical (unpaired) electrons. The molecule has 3 heterocycles. The first-order valence-corrected chi connectivity index (χ1v) is 7.51. The molecule has 0 bridgehead atoms. The van der Waals surface area contributed by atoms with E-state index in [1.165, 1.54) is 4.88 Å². The van der Waals surface area contributed by atoms with Gasteiger partial charge in [0.2, 0.25) is 0 Å². The smallest absolute Gasteiger partial charge is 0.260 e. The van der Waals surface area contributed by atoms with Crippen molar-refractivity contribution >= 4 is 21.6 Å². The number of thiophene rings is 1. The Morgan fingerprint density at radius 3 is 2.60 bits per heavy atom. The summed E-state index contributed by atoms with van der Waals surface area (Å²) in [5.41, 5.74) is 1.97. The highest BCUT2D eigenvalue weighted by Gasteiger charge is 2.15. The van der Waals surface area contributed by atoms with Gasteiger partial charge in [-0.05, 0) is 30.5 Å². The molecule has 0 unspecified atom stereocenters. The van der Waals surface area contributed by atoms with E-state index in [9.17, 15) is 4.79 Å². The second kappa shape index (κ2) is 5.17. The van der Waals surface area contributed by atoms with Gasteiger partial charge in [-0.3, -0.25) is 9.78 Å². The van der Waals surface area contributed by atoms with Crippen molar-refractivity contribution in [2.24, 2.45) is 0 Å². The summed E-state index contributed by atoms with van der Waals surface area (Å²) in [6.07, 6.45) is 5.20. The number of fused-ring (bicyclic) bond motifs is 1. The topological polar surface area (TPSA) is 58.6 Å². The first-order valence-electron chi connectivity index (χ1n) is 6.69. The van der Waals surface area contributed by atoms with Crippen LogP contribution >= 0.6 is 11.3 Å². The van der Waals surface area contributed by atoms with Crippen molar-refractivity contribution in [3.63, 3.8) is 0 Å². The zero-order valence-corrected chi connectivity index (χ0v) is 12.3. The van der Waals surface area contributed by atoms with Gasteiger partial charge < -0.3 is 4.98 Å². The summed E-state index contributed by atoms with van der Waals surface area (Å²) in [6, 6.07) is 3.69. The Kier molecular flexibility index (Phi) is 3.36. The molecule has 0 atom stereocenters. The van der Waals surface area contributed by atoms with Crippen molar-refractivity contribution in [3.8, 4) is 11.4 Å².